The first-order chi connectivity index (χ1) is 8.45. The van der Waals surface area contributed by atoms with Crippen molar-refractivity contribution in [2.24, 2.45) is 0 Å². The van der Waals surface area contributed by atoms with Crippen molar-refractivity contribution in [2.45, 2.75) is 25.1 Å². The highest BCUT2D eigenvalue weighted by molar-refractivity contribution is 5.19. The van der Waals surface area contributed by atoms with Crippen molar-refractivity contribution >= 4 is 0 Å². The molecule has 0 amide bonds. The van der Waals surface area contributed by atoms with Crippen LogP contribution in [0.5, 0.6) is 0 Å². The fraction of sp³-hybridized carbons (Fsp3) is 0.571. The van der Waals surface area contributed by atoms with Gasteiger partial charge >= 0.3 is 0 Å². The van der Waals surface area contributed by atoms with Gasteiger partial charge < -0.3 is 9.47 Å². The second-order valence-electron chi connectivity index (χ2n) is 4.71. The quantitative estimate of drug-likeness (QED) is 0.781. The van der Waals surface area contributed by atoms with Crippen molar-refractivity contribution < 1.29 is 9.47 Å². The summed E-state index contributed by atoms with van der Waals surface area (Å²) in [6.45, 7) is 3.49. The van der Waals surface area contributed by atoms with Gasteiger partial charge in [0, 0.05) is 13.2 Å². The second-order valence-corrected chi connectivity index (χ2v) is 4.71. The molecule has 2 unspecified atom stereocenters. The molecular formula is C14H19NO2. The SMILES string of the molecule is c1ccc(C2COCCN2C2CCCO2)cc1. The Kier molecular flexibility index (Phi) is 3.41. The number of hydrogen-bond acceptors (Lipinski definition) is 3. The van der Waals surface area contributed by atoms with Crippen molar-refractivity contribution in [1.29, 1.82) is 0 Å². The first-order valence-electron chi connectivity index (χ1n) is 6.45. The van der Waals surface area contributed by atoms with Crippen LogP contribution in [0.25, 0.3) is 0 Å². The van der Waals surface area contributed by atoms with E-state index in [1.54, 1.807) is 0 Å². The monoisotopic (exact) mass is 233 g/mol. The van der Waals surface area contributed by atoms with Crippen LogP contribution in [0.2, 0.25) is 0 Å². The highest BCUT2D eigenvalue weighted by Gasteiger charge is 2.32. The molecule has 0 bridgehead atoms. The number of morpholine rings is 1. The van der Waals surface area contributed by atoms with Crippen molar-refractivity contribution in [3.8, 4) is 0 Å². The molecule has 2 fully saturated rings. The summed E-state index contributed by atoms with van der Waals surface area (Å²) < 4.78 is 11.4. The highest BCUT2D eigenvalue weighted by atomic mass is 16.5. The van der Waals surface area contributed by atoms with E-state index in [-0.39, 0.29) is 0 Å². The highest BCUT2D eigenvalue weighted by Crippen LogP contribution is 2.29. The van der Waals surface area contributed by atoms with Gasteiger partial charge in [0.05, 0.1) is 19.3 Å². The van der Waals surface area contributed by atoms with Gasteiger partial charge in [-0.05, 0) is 18.4 Å². The number of hydrogen-bond donors (Lipinski definition) is 0. The second kappa shape index (κ2) is 5.17. The van der Waals surface area contributed by atoms with E-state index >= 15 is 0 Å². The molecule has 1 aromatic rings. The maximum Gasteiger partial charge on any atom is 0.111 e. The Balaban J connectivity index is 1.80. The van der Waals surface area contributed by atoms with Crippen LogP contribution in [0.15, 0.2) is 30.3 Å². The maximum absolute atomic E-state index is 5.81. The van der Waals surface area contributed by atoms with Gasteiger partial charge in [0.2, 0.25) is 0 Å². The molecule has 2 aliphatic rings. The van der Waals surface area contributed by atoms with E-state index < -0.39 is 0 Å². The Morgan fingerprint density at radius 3 is 2.76 bits per heavy atom. The Labute approximate surface area is 102 Å². The molecule has 0 radical (unpaired) electrons. The van der Waals surface area contributed by atoms with Crippen molar-refractivity contribution in [2.75, 3.05) is 26.4 Å². The van der Waals surface area contributed by atoms with Crippen LogP contribution in [-0.2, 0) is 9.47 Å². The summed E-state index contributed by atoms with van der Waals surface area (Å²) in [5.41, 5.74) is 1.34. The molecule has 2 atom stereocenters. The first kappa shape index (κ1) is 11.2. The molecule has 3 rings (SSSR count). The molecule has 2 saturated heterocycles. The summed E-state index contributed by atoms with van der Waals surface area (Å²) in [6.07, 6.45) is 2.64. The van der Waals surface area contributed by atoms with Gasteiger partial charge in [0.25, 0.3) is 0 Å². The van der Waals surface area contributed by atoms with Gasteiger partial charge in [0.15, 0.2) is 0 Å². The Morgan fingerprint density at radius 1 is 1.12 bits per heavy atom. The van der Waals surface area contributed by atoms with Crippen molar-refractivity contribution in [1.82, 2.24) is 4.90 Å². The molecule has 0 spiro atoms. The zero-order chi connectivity index (χ0) is 11.5. The summed E-state index contributed by atoms with van der Waals surface area (Å²) in [6, 6.07) is 11.0. The van der Waals surface area contributed by atoms with Gasteiger partial charge in [-0.1, -0.05) is 30.3 Å². The molecule has 2 heterocycles. The van der Waals surface area contributed by atoms with Gasteiger partial charge in [-0.3, -0.25) is 4.90 Å². The standard InChI is InChI=1S/C14H19NO2/c1-2-5-12(6-3-1)13-11-16-10-8-15(13)14-7-4-9-17-14/h1-3,5-6,13-14H,4,7-11H2. The molecule has 0 aromatic heterocycles. The van der Waals surface area contributed by atoms with Crippen LogP contribution in [-0.4, -0.2) is 37.5 Å². The normalized spacial score (nSPS) is 30.6. The van der Waals surface area contributed by atoms with Gasteiger partial charge in [-0.25, -0.2) is 0 Å². The maximum atomic E-state index is 5.81. The minimum absolute atomic E-state index is 0.295. The smallest absolute Gasteiger partial charge is 0.111 e. The van der Waals surface area contributed by atoms with Crippen LogP contribution < -0.4 is 0 Å². The Bertz CT molecular complexity index is 348. The van der Waals surface area contributed by atoms with Gasteiger partial charge in [-0.2, -0.15) is 0 Å². The topological polar surface area (TPSA) is 21.7 Å². The Morgan fingerprint density at radius 2 is 2.00 bits per heavy atom. The predicted molar refractivity (Wildman–Crippen MR) is 65.7 cm³/mol. The lowest BCUT2D eigenvalue weighted by molar-refractivity contribution is -0.103. The summed E-state index contributed by atoms with van der Waals surface area (Å²) in [5, 5.41) is 0. The third-order valence-corrected chi connectivity index (χ3v) is 3.63. The third-order valence-electron chi connectivity index (χ3n) is 3.63. The average Bonchev–Trinajstić information content (AvgIpc) is 2.94. The van der Waals surface area contributed by atoms with Crippen LogP contribution in [0.3, 0.4) is 0 Å². The van der Waals surface area contributed by atoms with Gasteiger partial charge in [-0.15, -0.1) is 0 Å². The van der Waals surface area contributed by atoms with Crippen molar-refractivity contribution in [3.63, 3.8) is 0 Å². The van der Waals surface area contributed by atoms with Gasteiger partial charge in [0.1, 0.15) is 6.23 Å². The minimum Gasteiger partial charge on any atom is -0.378 e. The number of benzene rings is 1. The molecular weight excluding hydrogens is 214 g/mol. The summed E-state index contributed by atoms with van der Waals surface area (Å²) in [5.74, 6) is 0. The fourth-order valence-electron chi connectivity index (χ4n) is 2.75. The molecule has 0 aliphatic carbocycles. The fourth-order valence-corrected chi connectivity index (χ4v) is 2.75. The van der Waals surface area contributed by atoms with E-state index in [1.807, 2.05) is 0 Å². The molecule has 3 heteroatoms. The van der Waals surface area contributed by atoms with Crippen LogP contribution >= 0.6 is 0 Å². The lowest BCUT2D eigenvalue weighted by Crippen LogP contribution is -2.45. The van der Waals surface area contributed by atoms with E-state index in [4.69, 9.17) is 9.47 Å². The summed E-state index contributed by atoms with van der Waals surface area (Å²) in [4.78, 5) is 2.46. The minimum atomic E-state index is 0.295. The molecule has 0 saturated carbocycles. The summed E-state index contributed by atoms with van der Waals surface area (Å²) in [7, 11) is 0. The van der Waals surface area contributed by atoms with Crippen LogP contribution in [0.1, 0.15) is 24.4 Å². The molecule has 1 aromatic carbocycles. The van der Waals surface area contributed by atoms with E-state index in [0.717, 1.165) is 32.8 Å². The largest absolute Gasteiger partial charge is 0.378 e. The molecule has 3 nitrogen and oxygen atoms in total. The van der Waals surface area contributed by atoms with E-state index in [9.17, 15) is 0 Å². The van der Waals surface area contributed by atoms with E-state index in [0.29, 0.717) is 12.3 Å². The Hall–Kier alpha value is -0.900. The van der Waals surface area contributed by atoms with Crippen LogP contribution in [0, 0.1) is 0 Å². The lowest BCUT2D eigenvalue weighted by Gasteiger charge is -2.39. The summed E-state index contributed by atoms with van der Waals surface area (Å²) >= 11 is 0. The van der Waals surface area contributed by atoms with Crippen LogP contribution in [0.4, 0.5) is 0 Å². The van der Waals surface area contributed by atoms with E-state index in [2.05, 4.69) is 35.2 Å². The van der Waals surface area contributed by atoms with Crippen molar-refractivity contribution in [3.05, 3.63) is 35.9 Å². The predicted octanol–water partition coefficient (Wildman–Crippen LogP) is 2.20. The average molecular weight is 233 g/mol. The third kappa shape index (κ3) is 2.37. The number of nitrogens with zero attached hydrogens (tertiary/aromatic N) is 1. The first-order valence-corrected chi connectivity index (χ1v) is 6.45. The molecule has 92 valence electrons. The zero-order valence-electron chi connectivity index (χ0n) is 10.0. The number of ether oxygens (including phenoxy) is 2. The lowest BCUT2D eigenvalue weighted by atomic mass is 10.0. The zero-order valence-corrected chi connectivity index (χ0v) is 10.0. The molecule has 17 heavy (non-hydrogen) atoms. The number of rotatable bonds is 2. The molecule has 0 N–H and O–H groups in total. The molecule has 2 aliphatic heterocycles. The van der Waals surface area contributed by atoms with E-state index in [1.165, 1.54) is 12.0 Å².